The lowest BCUT2D eigenvalue weighted by Gasteiger charge is -2.35. The molecule has 11 heavy (non-hydrogen) atoms. The summed E-state index contributed by atoms with van der Waals surface area (Å²) < 4.78 is 2.77. The second kappa shape index (κ2) is 3.93. The van der Waals surface area contributed by atoms with Gasteiger partial charge < -0.3 is 10.0 Å². The molecule has 0 atom stereocenters. The molecule has 0 unspecified atom stereocenters. The van der Waals surface area contributed by atoms with Gasteiger partial charge in [-0.25, -0.2) is 0 Å². The molecule has 1 N–H and O–H groups in total. The zero-order valence-electron chi connectivity index (χ0n) is 5.88. The summed E-state index contributed by atoms with van der Waals surface area (Å²) in [7, 11) is 0. The lowest BCUT2D eigenvalue weighted by molar-refractivity contribution is -0.139. The van der Waals surface area contributed by atoms with Crippen LogP contribution in [0.4, 0.5) is 0 Å². The van der Waals surface area contributed by atoms with Crippen molar-refractivity contribution < 1.29 is 9.90 Å². The van der Waals surface area contributed by atoms with Crippen molar-refractivity contribution in [3.8, 4) is 9.85 Å². The van der Waals surface area contributed by atoms with Gasteiger partial charge in [0.15, 0.2) is 0 Å². The number of likely N-dealkylation sites (tertiary alicyclic amines) is 1. The van der Waals surface area contributed by atoms with Gasteiger partial charge in [0.2, 0.25) is 5.91 Å². The molecule has 0 aromatic rings. The van der Waals surface area contributed by atoms with E-state index in [2.05, 4.69) is 9.85 Å². The fourth-order valence-electron chi connectivity index (χ4n) is 0.951. The van der Waals surface area contributed by atoms with Crippen LogP contribution < -0.4 is 0 Å². The molecule has 1 amide bonds. The molecule has 60 valence electrons. The van der Waals surface area contributed by atoms with Gasteiger partial charge in [-0.05, 0) is 3.93 Å². The highest BCUT2D eigenvalue weighted by molar-refractivity contribution is 14.1. The van der Waals surface area contributed by atoms with E-state index in [-0.39, 0.29) is 12.5 Å². The Balaban J connectivity index is 2.27. The number of carbonyl (C=O) groups is 1. The average molecular weight is 265 g/mol. The highest BCUT2D eigenvalue weighted by Crippen LogP contribution is 2.13. The first-order valence-corrected chi connectivity index (χ1v) is 4.35. The first-order valence-electron chi connectivity index (χ1n) is 3.27. The predicted octanol–water partition coefficient (Wildman–Crippen LogP) is -0.167. The summed E-state index contributed by atoms with van der Waals surface area (Å²) in [4.78, 5) is 12.4. The Kier molecular flexibility index (Phi) is 3.15. The summed E-state index contributed by atoms with van der Waals surface area (Å²) >= 11 is 1.98. The van der Waals surface area contributed by atoms with Crippen LogP contribution in [-0.2, 0) is 4.79 Å². The normalized spacial score (nSPS) is 16.7. The van der Waals surface area contributed by atoms with Crippen LogP contribution >= 0.6 is 22.6 Å². The molecule has 0 aromatic heterocycles. The maximum absolute atomic E-state index is 10.8. The smallest absolute Gasteiger partial charge is 0.248 e. The van der Waals surface area contributed by atoms with E-state index in [1.54, 1.807) is 4.90 Å². The van der Waals surface area contributed by atoms with Crippen LogP contribution in [0.1, 0.15) is 0 Å². The standard InChI is InChI=1S/C7H8INO2/c8-2-1-6-3-9(4-6)7(11)5-10/h6,10H,3-5H2. The average Bonchev–Trinajstić information content (AvgIpc) is 1.94. The fourth-order valence-corrected chi connectivity index (χ4v) is 1.39. The minimum Gasteiger partial charge on any atom is -0.387 e. The van der Waals surface area contributed by atoms with E-state index in [1.165, 1.54) is 0 Å². The number of amides is 1. The summed E-state index contributed by atoms with van der Waals surface area (Å²) in [6, 6.07) is 0. The number of hydrogen-bond acceptors (Lipinski definition) is 2. The zero-order valence-corrected chi connectivity index (χ0v) is 8.04. The summed E-state index contributed by atoms with van der Waals surface area (Å²) in [6.07, 6.45) is 0. The molecule has 1 fully saturated rings. The summed E-state index contributed by atoms with van der Waals surface area (Å²) in [5.74, 6) is 3.08. The Morgan fingerprint density at radius 1 is 1.73 bits per heavy atom. The zero-order chi connectivity index (χ0) is 8.27. The Bertz CT molecular complexity index is 212. The second-order valence-electron chi connectivity index (χ2n) is 2.39. The van der Waals surface area contributed by atoms with Crippen LogP contribution in [0.15, 0.2) is 0 Å². The third-order valence-electron chi connectivity index (χ3n) is 1.63. The van der Waals surface area contributed by atoms with Gasteiger partial charge in [0.25, 0.3) is 0 Å². The molecule has 0 aliphatic carbocycles. The number of aliphatic hydroxyl groups is 1. The first-order chi connectivity index (χ1) is 5.27. The third-order valence-corrected chi connectivity index (χ3v) is 1.94. The van der Waals surface area contributed by atoms with Gasteiger partial charge in [0, 0.05) is 35.7 Å². The minimum absolute atomic E-state index is 0.198. The molecule has 4 heteroatoms. The molecule has 0 saturated carbocycles. The fraction of sp³-hybridized carbons (Fsp3) is 0.571. The first kappa shape index (κ1) is 8.81. The molecule has 0 radical (unpaired) electrons. The van der Waals surface area contributed by atoms with Crippen molar-refractivity contribution in [1.82, 2.24) is 4.90 Å². The number of hydrogen-bond donors (Lipinski definition) is 1. The largest absolute Gasteiger partial charge is 0.387 e. The highest BCUT2D eigenvalue weighted by Gasteiger charge is 2.28. The van der Waals surface area contributed by atoms with Crippen LogP contribution in [-0.4, -0.2) is 35.6 Å². The summed E-state index contributed by atoms with van der Waals surface area (Å²) in [6.45, 7) is 0.967. The molecular formula is C7H8INO2. The third kappa shape index (κ3) is 2.07. The van der Waals surface area contributed by atoms with Crippen molar-refractivity contribution in [2.24, 2.45) is 5.92 Å². The Morgan fingerprint density at radius 3 is 2.82 bits per heavy atom. The van der Waals surface area contributed by atoms with E-state index in [1.807, 2.05) is 22.6 Å². The summed E-state index contributed by atoms with van der Waals surface area (Å²) in [5.41, 5.74) is 0. The van der Waals surface area contributed by atoms with Gasteiger partial charge in [-0.3, -0.25) is 4.79 Å². The van der Waals surface area contributed by atoms with Crippen LogP contribution in [0, 0.1) is 15.8 Å². The van der Waals surface area contributed by atoms with Gasteiger partial charge in [-0.2, -0.15) is 0 Å². The number of carbonyl (C=O) groups excluding carboxylic acids is 1. The monoisotopic (exact) mass is 265 g/mol. The molecule has 3 nitrogen and oxygen atoms in total. The number of rotatable bonds is 1. The van der Waals surface area contributed by atoms with E-state index in [9.17, 15) is 4.79 Å². The van der Waals surface area contributed by atoms with Crippen LogP contribution in [0.5, 0.6) is 0 Å². The van der Waals surface area contributed by atoms with Crippen molar-refractivity contribution in [1.29, 1.82) is 0 Å². The Morgan fingerprint density at radius 2 is 2.36 bits per heavy atom. The Labute approximate surface area is 78.9 Å². The van der Waals surface area contributed by atoms with E-state index < -0.39 is 0 Å². The predicted molar refractivity (Wildman–Crippen MR) is 49.0 cm³/mol. The quantitative estimate of drug-likeness (QED) is 0.528. The van der Waals surface area contributed by atoms with Crippen molar-refractivity contribution in [3.05, 3.63) is 0 Å². The van der Waals surface area contributed by atoms with Crippen LogP contribution in [0.2, 0.25) is 0 Å². The maximum atomic E-state index is 10.8. The van der Waals surface area contributed by atoms with Crippen molar-refractivity contribution in [3.63, 3.8) is 0 Å². The van der Waals surface area contributed by atoms with Crippen LogP contribution in [0.3, 0.4) is 0 Å². The number of halogens is 1. The van der Waals surface area contributed by atoms with Crippen molar-refractivity contribution in [2.75, 3.05) is 19.7 Å². The topological polar surface area (TPSA) is 40.5 Å². The molecule has 0 aromatic carbocycles. The molecular weight excluding hydrogens is 257 g/mol. The van der Waals surface area contributed by atoms with E-state index in [4.69, 9.17) is 5.11 Å². The van der Waals surface area contributed by atoms with Crippen LogP contribution in [0.25, 0.3) is 0 Å². The SMILES string of the molecule is O=C(CO)N1CC(C#CI)C1. The molecule has 1 rings (SSSR count). The van der Waals surface area contributed by atoms with Crippen molar-refractivity contribution >= 4 is 28.5 Å². The molecule has 0 spiro atoms. The van der Waals surface area contributed by atoms with Gasteiger partial charge in [-0.1, -0.05) is 5.92 Å². The molecule has 1 aliphatic rings. The lowest BCUT2D eigenvalue weighted by Crippen LogP contribution is -2.50. The highest BCUT2D eigenvalue weighted by atomic mass is 127. The molecule has 1 aliphatic heterocycles. The van der Waals surface area contributed by atoms with Crippen molar-refractivity contribution in [2.45, 2.75) is 0 Å². The van der Waals surface area contributed by atoms with Gasteiger partial charge >= 0.3 is 0 Å². The van der Waals surface area contributed by atoms with Gasteiger partial charge in [0.05, 0.1) is 5.92 Å². The van der Waals surface area contributed by atoms with E-state index in [0.29, 0.717) is 19.0 Å². The lowest BCUT2D eigenvalue weighted by atomic mass is 10.0. The molecule has 1 saturated heterocycles. The van der Waals surface area contributed by atoms with E-state index >= 15 is 0 Å². The Hall–Kier alpha value is -0.280. The molecule has 1 heterocycles. The van der Waals surface area contributed by atoms with Gasteiger partial charge in [-0.15, -0.1) is 0 Å². The number of aliphatic hydroxyl groups excluding tert-OH is 1. The number of nitrogens with zero attached hydrogens (tertiary/aromatic N) is 1. The molecule has 0 bridgehead atoms. The van der Waals surface area contributed by atoms with E-state index in [0.717, 1.165) is 0 Å². The summed E-state index contributed by atoms with van der Waals surface area (Å²) in [5, 5.41) is 8.46. The van der Waals surface area contributed by atoms with Gasteiger partial charge in [0.1, 0.15) is 6.61 Å². The maximum Gasteiger partial charge on any atom is 0.248 e. The second-order valence-corrected chi connectivity index (χ2v) is 2.93. The minimum atomic E-state index is -0.385.